The monoisotopic (exact) mass is 382 g/mol. The Labute approximate surface area is 157 Å². The Kier molecular flexibility index (Phi) is 6.55. The lowest BCUT2D eigenvalue weighted by Gasteiger charge is -2.38. The van der Waals surface area contributed by atoms with Crippen LogP contribution in [-0.2, 0) is 14.9 Å². The summed E-state index contributed by atoms with van der Waals surface area (Å²) in [5, 5.41) is 0. The number of piperidine rings is 2. The summed E-state index contributed by atoms with van der Waals surface area (Å²) in [6, 6.07) is 8.01. The smallest absolute Gasteiger partial charge is 0.281 e. The molecule has 0 radical (unpaired) electrons. The van der Waals surface area contributed by atoms with Crippen molar-refractivity contribution in [1.82, 2.24) is 8.61 Å². The molecule has 0 aromatic heterocycles. The van der Waals surface area contributed by atoms with Crippen molar-refractivity contribution in [2.75, 3.05) is 39.9 Å². The number of hydrogen-bond acceptors (Lipinski definition) is 4. The molecule has 6 nitrogen and oxygen atoms in total. The zero-order valence-corrected chi connectivity index (χ0v) is 16.6. The lowest BCUT2D eigenvalue weighted by Crippen LogP contribution is -2.51. The van der Waals surface area contributed by atoms with Crippen molar-refractivity contribution in [3.8, 4) is 5.75 Å². The van der Waals surface area contributed by atoms with Crippen molar-refractivity contribution in [2.45, 2.75) is 38.7 Å². The summed E-state index contributed by atoms with van der Waals surface area (Å²) in [6.07, 6.45) is 3.46. The Hall–Kier alpha value is -1.15. The van der Waals surface area contributed by atoms with Gasteiger partial charge in [0.1, 0.15) is 11.9 Å². The maximum absolute atomic E-state index is 13.0. The van der Waals surface area contributed by atoms with E-state index in [1.165, 1.54) is 5.56 Å². The first-order valence-corrected chi connectivity index (χ1v) is 10.9. The van der Waals surface area contributed by atoms with E-state index in [0.717, 1.165) is 31.4 Å². The van der Waals surface area contributed by atoms with Gasteiger partial charge in [0.25, 0.3) is 10.2 Å². The summed E-state index contributed by atoms with van der Waals surface area (Å²) >= 11 is 0. The first kappa shape index (κ1) is 19.6. The number of hydrogen-bond donors (Lipinski definition) is 0. The van der Waals surface area contributed by atoms with Gasteiger partial charge in [0.05, 0.1) is 6.61 Å². The fraction of sp³-hybridized carbons (Fsp3) is 0.684. The highest BCUT2D eigenvalue weighted by Gasteiger charge is 2.36. The summed E-state index contributed by atoms with van der Waals surface area (Å²) in [6.45, 7) is 4.89. The minimum absolute atomic E-state index is 0.0757. The van der Waals surface area contributed by atoms with E-state index in [1.54, 1.807) is 15.7 Å². The molecule has 3 rings (SSSR count). The number of rotatable bonds is 6. The zero-order chi connectivity index (χ0) is 18.6. The molecule has 26 heavy (non-hydrogen) atoms. The molecule has 1 atom stereocenters. The van der Waals surface area contributed by atoms with Crippen LogP contribution in [0.2, 0.25) is 0 Å². The predicted molar refractivity (Wildman–Crippen MR) is 101 cm³/mol. The Morgan fingerprint density at radius 1 is 1.04 bits per heavy atom. The van der Waals surface area contributed by atoms with Crippen molar-refractivity contribution in [2.24, 2.45) is 5.92 Å². The summed E-state index contributed by atoms with van der Waals surface area (Å²) < 4.78 is 40.4. The molecule has 2 aliphatic heterocycles. The van der Waals surface area contributed by atoms with E-state index in [0.29, 0.717) is 38.7 Å². The minimum atomic E-state index is -3.38. The fourth-order valence-corrected chi connectivity index (χ4v) is 5.52. The molecule has 1 aromatic carbocycles. The van der Waals surface area contributed by atoms with Crippen LogP contribution >= 0.6 is 0 Å². The molecule has 7 heteroatoms. The quantitative estimate of drug-likeness (QED) is 0.758. The van der Waals surface area contributed by atoms with Crippen LogP contribution in [0.1, 0.15) is 31.2 Å². The highest BCUT2D eigenvalue weighted by atomic mass is 32.2. The molecule has 2 aliphatic rings. The molecule has 146 valence electrons. The van der Waals surface area contributed by atoms with Crippen molar-refractivity contribution in [3.63, 3.8) is 0 Å². The lowest BCUT2D eigenvalue weighted by atomic mass is 10.0. The van der Waals surface area contributed by atoms with Crippen LogP contribution < -0.4 is 4.74 Å². The maximum Gasteiger partial charge on any atom is 0.281 e. The standard InChI is InChI=1S/C19H30N2O4S/c1-16-5-7-18(8-6-16)25-19-9-12-20(13-10-19)26(22,23)21-11-3-4-17(14-21)15-24-2/h5-8,17,19H,3-4,9-15H2,1-2H3. The van der Waals surface area contributed by atoms with E-state index in [2.05, 4.69) is 0 Å². The maximum atomic E-state index is 13.0. The molecule has 1 unspecified atom stereocenters. The molecule has 1 aromatic rings. The molecule has 0 N–H and O–H groups in total. The van der Waals surface area contributed by atoms with Crippen molar-refractivity contribution in [3.05, 3.63) is 29.8 Å². The highest BCUT2D eigenvalue weighted by molar-refractivity contribution is 7.86. The van der Waals surface area contributed by atoms with E-state index in [9.17, 15) is 8.42 Å². The van der Waals surface area contributed by atoms with E-state index in [-0.39, 0.29) is 6.10 Å². The van der Waals surface area contributed by atoms with Gasteiger partial charge < -0.3 is 9.47 Å². The van der Waals surface area contributed by atoms with Crippen molar-refractivity contribution >= 4 is 10.2 Å². The van der Waals surface area contributed by atoms with Crippen LogP contribution in [-0.4, -0.2) is 63.0 Å². The molecular formula is C19H30N2O4S. The number of aryl methyl sites for hydroxylation is 1. The third-order valence-corrected chi connectivity index (χ3v) is 7.26. The van der Waals surface area contributed by atoms with Gasteiger partial charge in [-0.25, -0.2) is 0 Å². The topological polar surface area (TPSA) is 59.1 Å². The normalized spacial score (nSPS) is 23.8. The van der Waals surface area contributed by atoms with Crippen LogP contribution in [0.25, 0.3) is 0 Å². The molecule has 0 bridgehead atoms. The van der Waals surface area contributed by atoms with E-state index in [4.69, 9.17) is 9.47 Å². The summed E-state index contributed by atoms with van der Waals surface area (Å²) in [5.74, 6) is 1.15. The second-order valence-electron chi connectivity index (χ2n) is 7.36. The van der Waals surface area contributed by atoms with Crippen LogP contribution in [0.4, 0.5) is 0 Å². The summed E-state index contributed by atoms with van der Waals surface area (Å²) in [7, 11) is -1.71. The molecule has 2 saturated heterocycles. The molecule has 2 heterocycles. The number of benzene rings is 1. The van der Waals surface area contributed by atoms with Crippen molar-refractivity contribution < 1.29 is 17.9 Å². The average Bonchev–Trinajstić information content (AvgIpc) is 2.65. The number of methoxy groups -OCH3 is 1. The Morgan fingerprint density at radius 2 is 1.73 bits per heavy atom. The van der Waals surface area contributed by atoms with Gasteiger partial charge in [-0.15, -0.1) is 0 Å². The first-order chi connectivity index (χ1) is 12.5. The average molecular weight is 383 g/mol. The van der Waals surface area contributed by atoms with Crippen molar-refractivity contribution in [1.29, 1.82) is 0 Å². The summed E-state index contributed by atoms with van der Waals surface area (Å²) in [4.78, 5) is 0. The zero-order valence-electron chi connectivity index (χ0n) is 15.8. The van der Waals surface area contributed by atoms with Gasteiger partial charge in [0.15, 0.2) is 0 Å². The molecular weight excluding hydrogens is 352 g/mol. The lowest BCUT2D eigenvalue weighted by molar-refractivity contribution is 0.110. The van der Waals surface area contributed by atoms with Gasteiger partial charge in [-0.05, 0) is 50.7 Å². The van der Waals surface area contributed by atoms with Gasteiger partial charge in [0, 0.05) is 33.3 Å². The van der Waals surface area contributed by atoms with Gasteiger partial charge in [-0.1, -0.05) is 17.7 Å². The fourth-order valence-electron chi connectivity index (χ4n) is 3.76. The van der Waals surface area contributed by atoms with Crippen LogP contribution in [0, 0.1) is 12.8 Å². The van der Waals surface area contributed by atoms with Gasteiger partial charge in [-0.3, -0.25) is 0 Å². The predicted octanol–water partition coefficient (Wildman–Crippen LogP) is 2.44. The van der Waals surface area contributed by atoms with E-state index in [1.807, 2.05) is 31.2 Å². The number of nitrogens with zero attached hydrogens (tertiary/aromatic N) is 2. The second-order valence-corrected chi connectivity index (χ2v) is 9.29. The Morgan fingerprint density at radius 3 is 2.38 bits per heavy atom. The molecule has 0 amide bonds. The first-order valence-electron chi connectivity index (χ1n) is 9.46. The Balaban J connectivity index is 1.54. The molecule has 0 spiro atoms. The van der Waals surface area contributed by atoms with Crippen LogP contribution in [0.5, 0.6) is 5.75 Å². The second kappa shape index (κ2) is 8.69. The SMILES string of the molecule is COCC1CCCN(S(=O)(=O)N2CCC(Oc3ccc(C)cc3)CC2)C1. The third kappa shape index (κ3) is 4.76. The van der Waals surface area contributed by atoms with Crippen LogP contribution in [0.3, 0.4) is 0 Å². The molecule has 2 fully saturated rings. The van der Waals surface area contributed by atoms with E-state index >= 15 is 0 Å². The van der Waals surface area contributed by atoms with Gasteiger partial charge >= 0.3 is 0 Å². The minimum Gasteiger partial charge on any atom is -0.490 e. The summed E-state index contributed by atoms with van der Waals surface area (Å²) in [5.41, 5.74) is 1.20. The largest absolute Gasteiger partial charge is 0.490 e. The highest BCUT2D eigenvalue weighted by Crippen LogP contribution is 2.25. The molecule has 0 aliphatic carbocycles. The molecule has 0 saturated carbocycles. The van der Waals surface area contributed by atoms with Gasteiger partial charge in [-0.2, -0.15) is 17.0 Å². The number of ether oxygens (including phenoxy) is 2. The van der Waals surface area contributed by atoms with Gasteiger partial charge in [0.2, 0.25) is 0 Å². The van der Waals surface area contributed by atoms with E-state index < -0.39 is 10.2 Å². The third-order valence-electron chi connectivity index (χ3n) is 5.26. The van der Waals surface area contributed by atoms with Crippen LogP contribution in [0.15, 0.2) is 24.3 Å². The Bertz CT molecular complexity index is 667.